The van der Waals surface area contributed by atoms with Crippen LogP contribution < -0.4 is 10.6 Å². The number of carbonyl (C=O) groups is 2. The average molecular weight is 345 g/mol. The molecule has 0 aromatic heterocycles. The highest BCUT2D eigenvalue weighted by molar-refractivity contribution is 5.93. The van der Waals surface area contributed by atoms with Gasteiger partial charge in [0.25, 0.3) is 0 Å². The van der Waals surface area contributed by atoms with Crippen molar-refractivity contribution in [3.8, 4) is 0 Å². The van der Waals surface area contributed by atoms with E-state index in [9.17, 15) is 9.59 Å². The van der Waals surface area contributed by atoms with Gasteiger partial charge in [-0.2, -0.15) is 0 Å². The summed E-state index contributed by atoms with van der Waals surface area (Å²) in [4.78, 5) is 27.0. The van der Waals surface area contributed by atoms with Gasteiger partial charge in [0.1, 0.15) is 0 Å². The summed E-state index contributed by atoms with van der Waals surface area (Å²) in [6.45, 7) is 10.8. The normalized spacial score (nSPS) is 18.1. The lowest BCUT2D eigenvalue weighted by atomic mass is 9.91. The van der Waals surface area contributed by atoms with Gasteiger partial charge < -0.3 is 15.5 Å². The molecule has 1 atom stereocenters. The minimum absolute atomic E-state index is 0.00649. The number of piperidine rings is 1. The van der Waals surface area contributed by atoms with Crippen LogP contribution in [0.2, 0.25) is 0 Å². The quantitative estimate of drug-likeness (QED) is 0.862. The lowest BCUT2D eigenvalue weighted by molar-refractivity contribution is -0.142. The summed E-state index contributed by atoms with van der Waals surface area (Å²) in [7, 11) is 0. The van der Waals surface area contributed by atoms with E-state index in [4.69, 9.17) is 0 Å². The van der Waals surface area contributed by atoms with Gasteiger partial charge in [-0.3, -0.25) is 9.59 Å². The molecule has 1 aliphatic rings. The predicted molar refractivity (Wildman–Crippen MR) is 101 cm³/mol. The number of anilines is 1. The van der Waals surface area contributed by atoms with Crippen molar-refractivity contribution in [1.29, 1.82) is 0 Å². The maximum absolute atomic E-state index is 12.6. The summed E-state index contributed by atoms with van der Waals surface area (Å²) in [6.07, 6.45) is 1.71. The molecule has 2 amide bonds. The Hall–Kier alpha value is -1.88. The van der Waals surface area contributed by atoms with Gasteiger partial charge in [-0.25, -0.2) is 0 Å². The van der Waals surface area contributed by atoms with E-state index in [1.165, 1.54) is 0 Å². The van der Waals surface area contributed by atoms with Gasteiger partial charge in [-0.1, -0.05) is 39.8 Å². The van der Waals surface area contributed by atoms with Crippen molar-refractivity contribution in [2.45, 2.75) is 47.1 Å². The first-order chi connectivity index (χ1) is 11.8. The minimum Gasteiger partial charge on any atom is -0.341 e. The molecule has 2 rings (SSSR count). The van der Waals surface area contributed by atoms with Crippen molar-refractivity contribution in [3.63, 3.8) is 0 Å². The average Bonchev–Trinajstić information content (AvgIpc) is 2.59. The van der Waals surface area contributed by atoms with E-state index in [0.717, 1.165) is 43.7 Å². The van der Waals surface area contributed by atoms with E-state index in [2.05, 4.69) is 17.6 Å². The van der Waals surface area contributed by atoms with Crippen LogP contribution in [0.3, 0.4) is 0 Å². The van der Waals surface area contributed by atoms with Crippen molar-refractivity contribution < 1.29 is 9.59 Å². The molecule has 25 heavy (non-hydrogen) atoms. The Morgan fingerprint density at radius 1 is 1.28 bits per heavy atom. The molecule has 0 spiro atoms. The Bertz CT molecular complexity index is 607. The molecule has 1 unspecified atom stereocenters. The van der Waals surface area contributed by atoms with Crippen LogP contribution in [0, 0.1) is 11.3 Å². The smallest absolute Gasteiger partial charge is 0.229 e. The number of rotatable bonds is 5. The van der Waals surface area contributed by atoms with Gasteiger partial charge >= 0.3 is 0 Å². The summed E-state index contributed by atoms with van der Waals surface area (Å²) < 4.78 is 0. The number of likely N-dealkylation sites (tertiary alicyclic amines) is 1. The molecule has 5 nitrogen and oxygen atoms in total. The zero-order chi connectivity index (χ0) is 18.4. The lowest BCUT2D eigenvalue weighted by Crippen LogP contribution is -2.47. The molecule has 0 aliphatic carbocycles. The lowest BCUT2D eigenvalue weighted by Gasteiger charge is -2.35. The monoisotopic (exact) mass is 345 g/mol. The SMILES string of the molecule is CCNCc1cccc(NC(=O)C2CCCN(C(=O)C(C)(C)C)C2)c1. The van der Waals surface area contributed by atoms with Crippen LogP contribution in [0.15, 0.2) is 24.3 Å². The van der Waals surface area contributed by atoms with Crippen molar-refractivity contribution in [2.75, 3.05) is 25.0 Å². The van der Waals surface area contributed by atoms with E-state index in [1.54, 1.807) is 0 Å². The molecule has 1 aromatic carbocycles. The predicted octanol–water partition coefficient (Wildman–Crippen LogP) is 3.02. The highest BCUT2D eigenvalue weighted by Crippen LogP contribution is 2.24. The number of carbonyl (C=O) groups excluding carboxylic acids is 2. The second kappa shape index (κ2) is 8.48. The standard InChI is InChI=1S/C20H31N3O2/c1-5-21-13-15-8-6-10-17(12-15)22-18(24)16-9-7-11-23(14-16)19(25)20(2,3)4/h6,8,10,12,16,21H,5,7,9,11,13-14H2,1-4H3,(H,22,24). The van der Waals surface area contributed by atoms with Crippen LogP contribution in [0.4, 0.5) is 5.69 Å². The Kier molecular flexibility index (Phi) is 6.59. The second-order valence-corrected chi connectivity index (χ2v) is 7.81. The Morgan fingerprint density at radius 3 is 2.72 bits per heavy atom. The van der Waals surface area contributed by atoms with Crippen molar-refractivity contribution in [1.82, 2.24) is 10.2 Å². The molecule has 1 heterocycles. The number of benzene rings is 1. The third-order valence-corrected chi connectivity index (χ3v) is 4.49. The van der Waals surface area contributed by atoms with E-state index in [-0.39, 0.29) is 17.7 Å². The first-order valence-electron chi connectivity index (χ1n) is 9.21. The number of nitrogens with one attached hydrogen (secondary N) is 2. The highest BCUT2D eigenvalue weighted by Gasteiger charge is 2.33. The first-order valence-corrected chi connectivity index (χ1v) is 9.21. The molecule has 0 radical (unpaired) electrons. The third kappa shape index (κ3) is 5.56. The molecule has 0 saturated carbocycles. The first kappa shape index (κ1) is 19.4. The molecule has 2 N–H and O–H groups in total. The van der Waals surface area contributed by atoms with Gasteiger partial charge in [-0.15, -0.1) is 0 Å². The third-order valence-electron chi connectivity index (χ3n) is 4.49. The van der Waals surface area contributed by atoms with Crippen LogP contribution in [-0.2, 0) is 16.1 Å². The summed E-state index contributed by atoms with van der Waals surface area (Å²) in [5.74, 6) is -0.0119. The zero-order valence-corrected chi connectivity index (χ0v) is 15.9. The molecule has 1 aromatic rings. The maximum atomic E-state index is 12.6. The topological polar surface area (TPSA) is 61.4 Å². The van der Waals surface area contributed by atoms with Crippen LogP contribution in [0.25, 0.3) is 0 Å². The van der Waals surface area contributed by atoms with Crippen molar-refractivity contribution in [3.05, 3.63) is 29.8 Å². The van der Waals surface area contributed by atoms with Crippen LogP contribution >= 0.6 is 0 Å². The molecular weight excluding hydrogens is 314 g/mol. The summed E-state index contributed by atoms with van der Waals surface area (Å²) >= 11 is 0. The van der Waals surface area contributed by atoms with Gasteiger partial charge in [0, 0.05) is 30.7 Å². The molecule has 1 saturated heterocycles. The fourth-order valence-corrected chi connectivity index (χ4v) is 3.12. The van der Waals surface area contributed by atoms with E-state index in [1.807, 2.05) is 49.9 Å². The molecule has 1 fully saturated rings. The summed E-state index contributed by atoms with van der Waals surface area (Å²) in [6, 6.07) is 7.91. The largest absolute Gasteiger partial charge is 0.341 e. The van der Waals surface area contributed by atoms with Gasteiger partial charge in [-0.05, 0) is 37.1 Å². The van der Waals surface area contributed by atoms with E-state index in [0.29, 0.717) is 6.54 Å². The minimum atomic E-state index is -0.404. The van der Waals surface area contributed by atoms with Gasteiger partial charge in [0.15, 0.2) is 0 Å². The van der Waals surface area contributed by atoms with E-state index >= 15 is 0 Å². The summed E-state index contributed by atoms with van der Waals surface area (Å²) in [5.41, 5.74) is 1.56. The Morgan fingerprint density at radius 2 is 2.04 bits per heavy atom. The molecule has 1 aliphatic heterocycles. The van der Waals surface area contributed by atoms with Crippen molar-refractivity contribution in [2.24, 2.45) is 11.3 Å². The zero-order valence-electron chi connectivity index (χ0n) is 15.9. The van der Waals surface area contributed by atoms with Crippen LogP contribution in [0.5, 0.6) is 0 Å². The molecular formula is C20H31N3O2. The highest BCUT2D eigenvalue weighted by atomic mass is 16.2. The Balaban J connectivity index is 1.97. The van der Waals surface area contributed by atoms with Crippen molar-refractivity contribution >= 4 is 17.5 Å². The molecule has 5 heteroatoms. The maximum Gasteiger partial charge on any atom is 0.229 e. The number of nitrogens with zero attached hydrogens (tertiary/aromatic N) is 1. The fourth-order valence-electron chi connectivity index (χ4n) is 3.12. The number of amides is 2. The van der Waals surface area contributed by atoms with Gasteiger partial charge in [0.05, 0.1) is 5.92 Å². The van der Waals surface area contributed by atoms with Crippen LogP contribution in [-0.4, -0.2) is 36.3 Å². The molecule has 138 valence electrons. The summed E-state index contributed by atoms with van der Waals surface area (Å²) in [5, 5.41) is 6.31. The Labute approximate surface area is 151 Å². The molecule has 0 bridgehead atoms. The number of hydrogen-bond donors (Lipinski definition) is 2. The van der Waals surface area contributed by atoms with E-state index < -0.39 is 5.41 Å². The second-order valence-electron chi connectivity index (χ2n) is 7.81. The fraction of sp³-hybridized carbons (Fsp3) is 0.600. The van der Waals surface area contributed by atoms with Crippen LogP contribution in [0.1, 0.15) is 46.1 Å². The van der Waals surface area contributed by atoms with Gasteiger partial charge in [0.2, 0.25) is 11.8 Å². The number of hydrogen-bond acceptors (Lipinski definition) is 3.